The fraction of sp³-hybridized carbons (Fsp3) is 0.900. The first-order valence-corrected chi connectivity index (χ1v) is 4.80. The summed E-state index contributed by atoms with van der Waals surface area (Å²) in [6.07, 6.45) is 0. The Kier molecular flexibility index (Phi) is 4.70. The fourth-order valence-corrected chi connectivity index (χ4v) is 1.08. The van der Waals surface area contributed by atoms with Crippen molar-refractivity contribution >= 4 is 5.97 Å². The number of aliphatic hydroxyl groups is 2. The number of esters is 1. The molecule has 0 rings (SSSR count). The van der Waals surface area contributed by atoms with Gasteiger partial charge in [-0.3, -0.25) is 4.90 Å². The van der Waals surface area contributed by atoms with Crippen LogP contribution >= 0.6 is 0 Å². The first-order chi connectivity index (χ1) is 6.67. The van der Waals surface area contributed by atoms with Gasteiger partial charge in [-0.2, -0.15) is 0 Å². The van der Waals surface area contributed by atoms with E-state index in [0.29, 0.717) is 0 Å². The van der Waals surface area contributed by atoms with Crippen molar-refractivity contribution in [1.29, 1.82) is 0 Å². The third-order valence-electron chi connectivity index (χ3n) is 2.59. The van der Waals surface area contributed by atoms with Crippen LogP contribution in [0.15, 0.2) is 0 Å². The van der Waals surface area contributed by atoms with Crippen LogP contribution in [-0.2, 0) is 9.53 Å². The maximum absolute atomic E-state index is 11.2. The molecule has 0 aromatic carbocycles. The summed E-state index contributed by atoms with van der Waals surface area (Å²) in [6, 6.07) is 0. The highest BCUT2D eigenvalue weighted by Gasteiger charge is 2.36. The van der Waals surface area contributed by atoms with Gasteiger partial charge in [-0.1, -0.05) is 0 Å². The van der Waals surface area contributed by atoms with Crippen LogP contribution in [0.25, 0.3) is 0 Å². The summed E-state index contributed by atoms with van der Waals surface area (Å²) in [4.78, 5) is 12.9. The summed E-state index contributed by atoms with van der Waals surface area (Å²) in [5.41, 5.74) is -2.05. The van der Waals surface area contributed by atoms with Crippen molar-refractivity contribution in [2.75, 3.05) is 27.3 Å². The number of likely N-dealkylation sites (N-methyl/N-ethyl adjacent to an activating group) is 1. The zero-order valence-corrected chi connectivity index (χ0v) is 10.1. The lowest BCUT2D eigenvalue weighted by Crippen LogP contribution is -2.54. The predicted molar refractivity (Wildman–Crippen MR) is 56.4 cm³/mol. The molecule has 90 valence electrons. The van der Waals surface area contributed by atoms with Crippen LogP contribution in [0.5, 0.6) is 0 Å². The largest absolute Gasteiger partial charge is 0.467 e. The zero-order chi connectivity index (χ0) is 12.3. The highest BCUT2D eigenvalue weighted by Crippen LogP contribution is 2.16. The maximum Gasteiger partial charge on any atom is 0.338 e. The Hall–Kier alpha value is -0.650. The van der Waals surface area contributed by atoms with Crippen molar-refractivity contribution < 1.29 is 19.7 Å². The van der Waals surface area contributed by atoms with Crippen LogP contribution in [0.2, 0.25) is 0 Å². The van der Waals surface area contributed by atoms with Crippen molar-refractivity contribution in [1.82, 2.24) is 4.90 Å². The molecule has 5 heteroatoms. The quantitative estimate of drug-likeness (QED) is 0.616. The number of ether oxygens (including phenoxy) is 1. The second-order valence-electron chi connectivity index (χ2n) is 4.59. The van der Waals surface area contributed by atoms with E-state index >= 15 is 0 Å². The Morgan fingerprint density at radius 2 is 1.87 bits per heavy atom. The van der Waals surface area contributed by atoms with Gasteiger partial charge in [0.25, 0.3) is 0 Å². The van der Waals surface area contributed by atoms with Crippen LogP contribution < -0.4 is 0 Å². The normalized spacial score (nSPS) is 16.3. The Morgan fingerprint density at radius 1 is 1.40 bits per heavy atom. The smallest absolute Gasteiger partial charge is 0.338 e. The average Bonchev–Trinajstić information content (AvgIpc) is 2.15. The van der Waals surface area contributed by atoms with Gasteiger partial charge in [-0.25, -0.2) is 4.79 Å². The third-order valence-corrected chi connectivity index (χ3v) is 2.59. The van der Waals surface area contributed by atoms with Crippen molar-refractivity contribution in [3.05, 3.63) is 0 Å². The third kappa shape index (κ3) is 3.77. The molecule has 2 N–H and O–H groups in total. The summed E-state index contributed by atoms with van der Waals surface area (Å²) >= 11 is 0. The monoisotopic (exact) mass is 219 g/mol. The molecule has 5 nitrogen and oxygen atoms in total. The van der Waals surface area contributed by atoms with E-state index in [4.69, 9.17) is 5.11 Å². The Bertz CT molecular complexity index is 225. The molecule has 0 bridgehead atoms. The van der Waals surface area contributed by atoms with E-state index in [0.717, 1.165) is 0 Å². The van der Waals surface area contributed by atoms with Crippen molar-refractivity contribution in [2.45, 2.75) is 31.9 Å². The van der Waals surface area contributed by atoms with Gasteiger partial charge in [0, 0.05) is 12.1 Å². The molecular weight excluding hydrogens is 198 g/mol. The molecule has 0 aliphatic heterocycles. The van der Waals surface area contributed by atoms with Crippen LogP contribution in [0, 0.1) is 0 Å². The molecule has 0 aromatic rings. The zero-order valence-electron chi connectivity index (χ0n) is 10.1. The van der Waals surface area contributed by atoms with E-state index in [2.05, 4.69) is 4.74 Å². The molecule has 0 fully saturated rings. The second-order valence-corrected chi connectivity index (χ2v) is 4.59. The van der Waals surface area contributed by atoms with E-state index in [1.54, 1.807) is 11.9 Å². The first kappa shape index (κ1) is 14.3. The lowest BCUT2D eigenvalue weighted by molar-refractivity contribution is -0.163. The lowest BCUT2D eigenvalue weighted by atomic mass is 10.0. The van der Waals surface area contributed by atoms with Gasteiger partial charge in [-0.05, 0) is 27.8 Å². The minimum atomic E-state index is -1.56. The molecule has 0 spiro atoms. The maximum atomic E-state index is 11.2. The molecule has 0 aromatic heterocycles. The number of hydrogen-bond donors (Lipinski definition) is 2. The number of carbonyl (C=O) groups excluding carboxylic acids is 1. The number of rotatable bonds is 5. The van der Waals surface area contributed by atoms with Crippen molar-refractivity contribution in [2.24, 2.45) is 0 Å². The highest BCUT2D eigenvalue weighted by atomic mass is 16.5. The minimum Gasteiger partial charge on any atom is -0.467 e. The van der Waals surface area contributed by atoms with E-state index in [9.17, 15) is 9.90 Å². The van der Waals surface area contributed by atoms with E-state index in [1.807, 2.05) is 13.8 Å². The lowest BCUT2D eigenvalue weighted by Gasteiger charge is -2.37. The fourth-order valence-electron chi connectivity index (χ4n) is 1.08. The molecule has 1 unspecified atom stereocenters. The van der Waals surface area contributed by atoms with Gasteiger partial charge >= 0.3 is 5.97 Å². The topological polar surface area (TPSA) is 70.0 Å². The summed E-state index contributed by atoms with van der Waals surface area (Å²) in [5.74, 6) is -0.678. The van der Waals surface area contributed by atoms with Gasteiger partial charge in [0.2, 0.25) is 0 Å². The van der Waals surface area contributed by atoms with Crippen LogP contribution in [0.3, 0.4) is 0 Å². The molecule has 0 amide bonds. The van der Waals surface area contributed by atoms with Gasteiger partial charge in [0.15, 0.2) is 5.60 Å². The average molecular weight is 219 g/mol. The molecule has 0 aliphatic carbocycles. The predicted octanol–water partition coefficient (Wildman–Crippen LogP) is -0.387. The van der Waals surface area contributed by atoms with Gasteiger partial charge in [0.05, 0.1) is 13.7 Å². The number of β-amino-alcohol motifs (C(OH)–C–C–N with tert-alkyl or cyclic N) is 1. The van der Waals surface area contributed by atoms with E-state index < -0.39 is 17.1 Å². The summed E-state index contributed by atoms with van der Waals surface area (Å²) in [6.45, 7) is 5.08. The number of aliphatic hydroxyl groups excluding tert-OH is 1. The molecule has 0 heterocycles. The Balaban J connectivity index is 4.53. The molecule has 0 radical (unpaired) electrons. The Morgan fingerprint density at radius 3 is 2.20 bits per heavy atom. The number of hydrogen-bond acceptors (Lipinski definition) is 5. The minimum absolute atomic E-state index is 0.0548. The molecule has 1 atom stereocenters. The number of methoxy groups -OCH3 is 1. The van der Waals surface area contributed by atoms with Crippen molar-refractivity contribution in [3.8, 4) is 0 Å². The molecule has 15 heavy (non-hydrogen) atoms. The summed E-state index contributed by atoms with van der Waals surface area (Å²) in [5, 5.41) is 18.9. The second kappa shape index (κ2) is 4.92. The van der Waals surface area contributed by atoms with Gasteiger partial charge in [-0.15, -0.1) is 0 Å². The van der Waals surface area contributed by atoms with E-state index in [1.165, 1.54) is 14.0 Å². The van der Waals surface area contributed by atoms with Crippen LogP contribution in [0.4, 0.5) is 0 Å². The SMILES string of the molecule is COC(=O)C(C)(O)CN(C)C(C)(C)CO. The van der Waals surface area contributed by atoms with Crippen LogP contribution in [0.1, 0.15) is 20.8 Å². The Labute approximate surface area is 90.6 Å². The first-order valence-electron chi connectivity index (χ1n) is 4.80. The summed E-state index contributed by atoms with van der Waals surface area (Å²) in [7, 11) is 2.96. The van der Waals surface area contributed by atoms with Crippen molar-refractivity contribution in [3.63, 3.8) is 0 Å². The molecule has 0 saturated carbocycles. The number of carbonyl (C=O) groups is 1. The molecular formula is C10H21NO4. The van der Waals surface area contributed by atoms with E-state index in [-0.39, 0.29) is 13.2 Å². The molecule has 0 saturated heterocycles. The number of nitrogens with zero attached hydrogens (tertiary/aromatic N) is 1. The molecule has 0 aliphatic rings. The highest BCUT2D eigenvalue weighted by molar-refractivity contribution is 5.78. The standard InChI is InChI=1S/C10H21NO4/c1-9(2,7-12)11(4)6-10(3,14)8(13)15-5/h12,14H,6-7H2,1-5H3. The summed E-state index contributed by atoms with van der Waals surface area (Å²) < 4.78 is 4.48. The van der Waals surface area contributed by atoms with Gasteiger partial charge < -0.3 is 14.9 Å². The van der Waals surface area contributed by atoms with Crippen LogP contribution in [-0.4, -0.2) is 59.5 Å². The van der Waals surface area contributed by atoms with Gasteiger partial charge in [0.1, 0.15) is 0 Å².